The molecule has 1 aliphatic carbocycles. The lowest BCUT2D eigenvalue weighted by atomic mass is 9.87. The number of benzene rings is 1. The van der Waals surface area contributed by atoms with Crippen molar-refractivity contribution in [1.82, 2.24) is 24.6 Å². The van der Waals surface area contributed by atoms with Gasteiger partial charge in [-0.25, -0.2) is 4.98 Å². The summed E-state index contributed by atoms with van der Waals surface area (Å²) in [6.45, 7) is 1.70. The molecular weight excluding hydrogens is 515 g/mol. The van der Waals surface area contributed by atoms with Gasteiger partial charge in [-0.2, -0.15) is 18.3 Å². The quantitative estimate of drug-likeness (QED) is 0.420. The molecule has 0 N–H and O–H groups in total. The Kier molecular flexibility index (Phi) is 7.30. The van der Waals surface area contributed by atoms with E-state index >= 15 is 0 Å². The van der Waals surface area contributed by atoms with Gasteiger partial charge in [-0.15, -0.1) is 11.3 Å². The standard InChI is InChI=1S/C27H30F3N5O2S/c1-17-14-23(27(28,29)30)32-35(17)15-24(36)34-13-6-5-11-22(34)20-16-38-25(31-20)26(37)33(2)21-12-7-9-18-8-3-4-10-19(18)21/h3-4,8,10,14,16,21-22H,5-7,9,11-13,15H2,1-2H3/t21-,22?/m1/s1. The highest BCUT2D eigenvalue weighted by Gasteiger charge is 2.36. The molecule has 0 spiro atoms. The molecule has 1 saturated heterocycles. The lowest BCUT2D eigenvalue weighted by Crippen LogP contribution is -2.40. The predicted molar refractivity (Wildman–Crippen MR) is 137 cm³/mol. The third-order valence-corrected chi connectivity index (χ3v) is 8.40. The number of piperidine rings is 1. The topological polar surface area (TPSA) is 71.3 Å². The zero-order valence-corrected chi connectivity index (χ0v) is 22.2. The zero-order valence-electron chi connectivity index (χ0n) is 21.4. The fraction of sp³-hybridized carbons (Fsp3) is 0.481. The maximum atomic E-state index is 13.4. The van der Waals surface area contributed by atoms with Crippen LogP contribution in [0, 0.1) is 6.92 Å². The Bertz CT molecular complexity index is 1330. The van der Waals surface area contributed by atoms with Crippen molar-refractivity contribution in [2.45, 2.75) is 70.3 Å². The van der Waals surface area contributed by atoms with Crippen molar-refractivity contribution in [2.75, 3.05) is 13.6 Å². The van der Waals surface area contributed by atoms with Crippen molar-refractivity contribution in [3.8, 4) is 0 Å². The number of alkyl halides is 3. The van der Waals surface area contributed by atoms with E-state index in [2.05, 4.69) is 22.2 Å². The van der Waals surface area contributed by atoms with Crippen LogP contribution >= 0.6 is 11.3 Å². The van der Waals surface area contributed by atoms with E-state index in [1.54, 1.807) is 9.80 Å². The number of aromatic nitrogens is 3. The summed E-state index contributed by atoms with van der Waals surface area (Å²) in [5.74, 6) is -0.463. The van der Waals surface area contributed by atoms with Crippen LogP contribution < -0.4 is 0 Å². The molecule has 0 radical (unpaired) electrons. The lowest BCUT2D eigenvalue weighted by Gasteiger charge is -2.35. The molecule has 1 unspecified atom stereocenters. The van der Waals surface area contributed by atoms with Crippen LogP contribution in [0.4, 0.5) is 13.2 Å². The maximum absolute atomic E-state index is 13.4. The van der Waals surface area contributed by atoms with Crippen LogP contribution in [0.1, 0.15) is 82.2 Å². The molecule has 3 heterocycles. The number of thiazole rings is 1. The molecule has 1 fully saturated rings. The number of amides is 2. The minimum absolute atomic E-state index is 0.00791. The fourth-order valence-corrected chi connectivity index (χ4v) is 6.37. The van der Waals surface area contributed by atoms with E-state index in [1.807, 2.05) is 24.6 Å². The van der Waals surface area contributed by atoms with Crippen molar-refractivity contribution >= 4 is 23.2 Å². The highest BCUT2D eigenvalue weighted by molar-refractivity contribution is 7.11. The number of rotatable bonds is 5. The van der Waals surface area contributed by atoms with Crippen molar-refractivity contribution in [1.29, 1.82) is 0 Å². The maximum Gasteiger partial charge on any atom is 0.435 e. The molecule has 2 aromatic heterocycles. The number of hydrogen-bond acceptors (Lipinski definition) is 5. The first-order valence-corrected chi connectivity index (χ1v) is 13.7. The molecule has 11 heteroatoms. The molecule has 7 nitrogen and oxygen atoms in total. The molecule has 0 bridgehead atoms. The normalized spacial score (nSPS) is 19.8. The van der Waals surface area contributed by atoms with Crippen molar-refractivity contribution in [3.63, 3.8) is 0 Å². The van der Waals surface area contributed by atoms with Crippen LogP contribution in [0.2, 0.25) is 0 Å². The number of aryl methyl sites for hydroxylation is 2. The molecule has 2 aliphatic rings. The molecule has 0 saturated carbocycles. The summed E-state index contributed by atoms with van der Waals surface area (Å²) < 4.78 is 40.3. The Balaban J connectivity index is 1.32. The molecule has 3 aromatic rings. The van der Waals surface area contributed by atoms with E-state index in [1.165, 1.54) is 29.4 Å². The van der Waals surface area contributed by atoms with Gasteiger partial charge in [0.25, 0.3) is 5.91 Å². The van der Waals surface area contributed by atoms with Crippen molar-refractivity contribution in [2.24, 2.45) is 0 Å². The molecule has 38 heavy (non-hydrogen) atoms. The first kappa shape index (κ1) is 26.4. The predicted octanol–water partition coefficient (Wildman–Crippen LogP) is 5.57. The number of nitrogens with zero attached hydrogens (tertiary/aromatic N) is 5. The molecular formula is C27H30F3N5O2S. The van der Waals surface area contributed by atoms with Gasteiger partial charge in [-0.1, -0.05) is 24.3 Å². The van der Waals surface area contributed by atoms with Crippen LogP contribution in [0.5, 0.6) is 0 Å². The summed E-state index contributed by atoms with van der Waals surface area (Å²) in [6.07, 6.45) is 0.731. The summed E-state index contributed by atoms with van der Waals surface area (Å²) in [6, 6.07) is 8.83. The van der Waals surface area contributed by atoms with E-state index in [0.29, 0.717) is 23.7 Å². The summed E-state index contributed by atoms with van der Waals surface area (Å²) in [4.78, 5) is 34.7. The Morgan fingerprint density at radius 3 is 2.71 bits per heavy atom. The Morgan fingerprint density at radius 2 is 1.95 bits per heavy atom. The van der Waals surface area contributed by atoms with E-state index in [0.717, 1.165) is 42.9 Å². The Morgan fingerprint density at radius 1 is 1.16 bits per heavy atom. The number of fused-ring (bicyclic) bond motifs is 1. The number of carbonyl (C=O) groups is 2. The summed E-state index contributed by atoms with van der Waals surface area (Å²) in [5, 5.41) is 5.80. The molecule has 1 aromatic carbocycles. The van der Waals surface area contributed by atoms with Gasteiger partial charge in [-0.3, -0.25) is 14.3 Å². The van der Waals surface area contributed by atoms with E-state index < -0.39 is 11.9 Å². The number of likely N-dealkylation sites (tertiary alicyclic amines) is 1. The first-order valence-electron chi connectivity index (χ1n) is 12.8. The highest BCUT2D eigenvalue weighted by Crippen LogP contribution is 2.36. The van der Waals surface area contributed by atoms with Gasteiger partial charge in [0.15, 0.2) is 10.7 Å². The first-order chi connectivity index (χ1) is 18.1. The molecule has 2 atom stereocenters. The van der Waals surface area contributed by atoms with Gasteiger partial charge in [0.1, 0.15) is 6.54 Å². The van der Waals surface area contributed by atoms with E-state index in [9.17, 15) is 22.8 Å². The van der Waals surface area contributed by atoms with E-state index in [-0.39, 0.29) is 36.1 Å². The van der Waals surface area contributed by atoms with Gasteiger partial charge >= 0.3 is 6.18 Å². The Labute approximate surface area is 223 Å². The average molecular weight is 546 g/mol. The minimum atomic E-state index is -4.57. The average Bonchev–Trinajstić information content (AvgIpc) is 3.55. The van der Waals surface area contributed by atoms with Crippen molar-refractivity contribution in [3.05, 3.63) is 68.9 Å². The lowest BCUT2D eigenvalue weighted by molar-refractivity contribution is -0.142. The van der Waals surface area contributed by atoms with Crippen LogP contribution in [-0.2, 0) is 23.9 Å². The van der Waals surface area contributed by atoms with Gasteiger partial charge in [0, 0.05) is 24.7 Å². The largest absolute Gasteiger partial charge is 0.435 e. The van der Waals surface area contributed by atoms with E-state index in [4.69, 9.17) is 0 Å². The van der Waals surface area contributed by atoms with Gasteiger partial charge in [-0.05, 0) is 62.6 Å². The zero-order chi connectivity index (χ0) is 27.0. The monoisotopic (exact) mass is 545 g/mol. The smallest absolute Gasteiger partial charge is 0.333 e. The third-order valence-electron chi connectivity index (χ3n) is 7.55. The van der Waals surface area contributed by atoms with Gasteiger partial charge in [0.05, 0.1) is 17.8 Å². The molecule has 202 valence electrons. The molecule has 1 aliphatic heterocycles. The summed E-state index contributed by atoms with van der Waals surface area (Å²) >= 11 is 1.27. The second-order valence-electron chi connectivity index (χ2n) is 10.0. The van der Waals surface area contributed by atoms with Crippen LogP contribution in [0.25, 0.3) is 0 Å². The Hall–Kier alpha value is -3.21. The molecule has 5 rings (SSSR count). The van der Waals surface area contributed by atoms with Crippen LogP contribution in [0.15, 0.2) is 35.7 Å². The van der Waals surface area contributed by atoms with Crippen molar-refractivity contribution < 1.29 is 22.8 Å². The summed E-state index contributed by atoms with van der Waals surface area (Å²) in [5.41, 5.74) is 2.36. The third kappa shape index (κ3) is 5.21. The SMILES string of the molecule is Cc1cc(C(F)(F)F)nn1CC(=O)N1CCCCC1c1csc(C(=O)N(C)[C@@H]2CCCc3ccccc32)n1. The number of carbonyl (C=O) groups excluding carboxylic acids is 2. The highest BCUT2D eigenvalue weighted by atomic mass is 32.1. The minimum Gasteiger partial charge on any atom is -0.333 e. The summed E-state index contributed by atoms with van der Waals surface area (Å²) in [7, 11) is 1.81. The number of halogens is 3. The van der Waals surface area contributed by atoms with Crippen LogP contribution in [0.3, 0.4) is 0 Å². The van der Waals surface area contributed by atoms with Gasteiger partial charge < -0.3 is 9.80 Å². The number of hydrogen-bond donors (Lipinski definition) is 0. The van der Waals surface area contributed by atoms with Crippen LogP contribution in [-0.4, -0.2) is 50.0 Å². The van der Waals surface area contributed by atoms with Gasteiger partial charge in [0.2, 0.25) is 5.91 Å². The molecule has 2 amide bonds. The second-order valence-corrected chi connectivity index (χ2v) is 10.9. The fourth-order valence-electron chi connectivity index (χ4n) is 5.53. The second kappa shape index (κ2) is 10.5.